The molecule has 0 aromatic rings. The summed E-state index contributed by atoms with van der Waals surface area (Å²) in [6, 6.07) is 0. The molecule has 0 bridgehead atoms. The molecule has 0 rings (SSSR count). The lowest BCUT2D eigenvalue weighted by Crippen LogP contribution is -2.42. The lowest BCUT2D eigenvalue weighted by molar-refractivity contribution is -0.192. The fraction of sp³-hybridized carbons (Fsp3) is 0.875. The third-order valence-corrected chi connectivity index (χ3v) is 1.44. The summed E-state index contributed by atoms with van der Waals surface area (Å²) in [5.41, 5.74) is 0. The van der Waals surface area contributed by atoms with Crippen molar-refractivity contribution in [3.05, 3.63) is 0 Å². The highest BCUT2D eigenvalue weighted by molar-refractivity contribution is 5.77. The minimum Gasteiger partial charge on any atom is -0.462 e. The Morgan fingerprint density at radius 2 is 2.07 bits per heavy atom. The Kier molecular flexibility index (Phi) is 5.56. The number of alkyl halides is 2. The summed E-state index contributed by atoms with van der Waals surface area (Å²) in [6.07, 6.45) is 0.523. The summed E-state index contributed by atoms with van der Waals surface area (Å²) in [4.78, 5) is 10.7. The number of rotatable bonds is 6. The van der Waals surface area contributed by atoms with Crippen molar-refractivity contribution in [3.8, 4) is 0 Å². The molecule has 0 fully saturated rings. The largest absolute Gasteiger partial charge is 0.462 e. The van der Waals surface area contributed by atoms with Crippen LogP contribution >= 0.6 is 0 Å². The Balaban J connectivity index is 4.10. The van der Waals surface area contributed by atoms with E-state index in [9.17, 15) is 13.6 Å². The van der Waals surface area contributed by atoms with Crippen LogP contribution in [0.4, 0.5) is 8.78 Å². The highest BCUT2D eigenvalue weighted by atomic mass is 19.3. The summed E-state index contributed by atoms with van der Waals surface area (Å²) in [6.45, 7) is 2.13. The molecule has 0 saturated carbocycles. The van der Waals surface area contributed by atoms with Gasteiger partial charge in [0.1, 0.15) is 0 Å². The van der Waals surface area contributed by atoms with Crippen molar-refractivity contribution >= 4 is 5.97 Å². The van der Waals surface area contributed by atoms with E-state index in [0.717, 1.165) is 0 Å². The lowest BCUT2D eigenvalue weighted by Gasteiger charge is -2.20. The van der Waals surface area contributed by atoms with E-state index in [4.69, 9.17) is 5.21 Å². The first kappa shape index (κ1) is 13.2. The Morgan fingerprint density at radius 3 is 2.50 bits per heavy atom. The van der Waals surface area contributed by atoms with Crippen LogP contribution in [-0.4, -0.2) is 41.9 Å². The fourth-order valence-electron chi connectivity index (χ4n) is 0.868. The number of hydrogen-bond acceptors (Lipinski definition) is 4. The van der Waals surface area contributed by atoms with Gasteiger partial charge in [0.25, 0.3) is 0 Å². The molecule has 0 saturated heterocycles. The molecular weight excluding hydrogens is 196 g/mol. The summed E-state index contributed by atoms with van der Waals surface area (Å²) in [7, 11) is 0. The zero-order valence-electron chi connectivity index (χ0n) is 8.30. The van der Waals surface area contributed by atoms with Crippen LogP contribution in [0.15, 0.2) is 0 Å². The number of esters is 1. The predicted molar refractivity (Wildman–Crippen MR) is 45.2 cm³/mol. The van der Waals surface area contributed by atoms with Crippen LogP contribution in [0.1, 0.15) is 20.3 Å². The zero-order valence-corrected chi connectivity index (χ0v) is 8.30. The van der Waals surface area contributed by atoms with E-state index in [2.05, 4.69) is 4.74 Å². The van der Waals surface area contributed by atoms with E-state index in [1.54, 1.807) is 6.92 Å². The normalized spacial score (nSPS) is 11.9. The lowest BCUT2D eigenvalue weighted by atomic mass is 10.3. The molecule has 4 nitrogen and oxygen atoms in total. The Labute approximate surface area is 81.4 Å². The van der Waals surface area contributed by atoms with E-state index in [-0.39, 0.29) is 13.2 Å². The summed E-state index contributed by atoms with van der Waals surface area (Å²) in [5, 5.41) is 9.36. The van der Waals surface area contributed by atoms with Gasteiger partial charge >= 0.3 is 11.9 Å². The minimum absolute atomic E-state index is 0.0923. The van der Waals surface area contributed by atoms with E-state index in [1.165, 1.54) is 6.92 Å². The molecule has 0 heterocycles. The fourth-order valence-corrected chi connectivity index (χ4v) is 0.868. The maximum absolute atomic E-state index is 12.9. The van der Waals surface area contributed by atoms with Gasteiger partial charge in [-0.25, -0.2) is 4.79 Å². The van der Waals surface area contributed by atoms with Crippen LogP contribution in [-0.2, 0) is 9.53 Å². The molecule has 6 heteroatoms. The smallest absolute Gasteiger partial charge is 0.378 e. The van der Waals surface area contributed by atoms with Crippen LogP contribution in [0.2, 0.25) is 0 Å². The van der Waals surface area contributed by atoms with Crippen molar-refractivity contribution in [1.29, 1.82) is 0 Å². The Hall–Kier alpha value is -0.750. The number of hydroxylamine groups is 2. The minimum atomic E-state index is -3.65. The maximum atomic E-state index is 12.9. The van der Waals surface area contributed by atoms with Crippen molar-refractivity contribution in [2.24, 2.45) is 0 Å². The molecule has 0 unspecified atom stereocenters. The molecule has 0 spiro atoms. The van der Waals surface area contributed by atoms with Gasteiger partial charge in [-0.05, 0) is 13.3 Å². The van der Waals surface area contributed by atoms with Crippen molar-refractivity contribution in [2.75, 3.05) is 19.7 Å². The van der Waals surface area contributed by atoms with Gasteiger partial charge in [0.05, 0.1) is 13.2 Å². The van der Waals surface area contributed by atoms with Crippen LogP contribution < -0.4 is 0 Å². The molecule has 0 aromatic heterocycles. The zero-order chi connectivity index (χ0) is 11.2. The van der Waals surface area contributed by atoms with Crippen molar-refractivity contribution in [2.45, 2.75) is 26.2 Å². The van der Waals surface area contributed by atoms with Crippen LogP contribution in [0.3, 0.4) is 0 Å². The number of ether oxygens (including phenoxy) is 1. The van der Waals surface area contributed by atoms with Crippen molar-refractivity contribution in [1.82, 2.24) is 5.06 Å². The summed E-state index contributed by atoms with van der Waals surface area (Å²) >= 11 is 0. The molecule has 84 valence electrons. The molecule has 0 aliphatic carbocycles. The van der Waals surface area contributed by atoms with Crippen LogP contribution in [0, 0.1) is 0 Å². The second kappa shape index (κ2) is 5.87. The number of carbonyl (C=O) groups is 1. The average molecular weight is 211 g/mol. The molecule has 0 radical (unpaired) electrons. The van der Waals surface area contributed by atoms with E-state index in [1.807, 2.05) is 0 Å². The average Bonchev–Trinajstić information content (AvgIpc) is 2.03. The third-order valence-electron chi connectivity index (χ3n) is 1.44. The van der Waals surface area contributed by atoms with Crippen LogP contribution in [0.25, 0.3) is 0 Å². The van der Waals surface area contributed by atoms with Gasteiger partial charge < -0.3 is 9.94 Å². The van der Waals surface area contributed by atoms with Gasteiger partial charge in [-0.1, -0.05) is 6.92 Å². The monoisotopic (exact) mass is 211 g/mol. The molecule has 14 heavy (non-hydrogen) atoms. The first-order valence-electron chi connectivity index (χ1n) is 4.43. The van der Waals surface area contributed by atoms with Crippen LogP contribution in [0.5, 0.6) is 0 Å². The molecule has 0 amide bonds. The Bertz CT molecular complexity index is 187. The van der Waals surface area contributed by atoms with Gasteiger partial charge in [0, 0.05) is 6.54 Å². The molecule has 0 atom stereocenters. The highest BCUT2D eigenvalue weighted by Crippen LogP contribution is 2.16. The molecule has 0 aliphatic heterocycles. The van der Waals surface area contributed by atoms with E-state index in [0.29, 0.717) is 11.5 Å². The maximum Gasteiger partial charge on any atom is 0.378 e. The molecule has 0 aromatic carbocycles. The van der Waals surface area contributed by atoms with E-state index < -0.39 is 18.4 Å². The predicted octanol–water partition coefficient (Wildman–Crippen LogP) is 1.29. The van der Waals surface area contributed by atoms with Crippen molar-refractivity contribution in [3.63, 3.8) is 0 Å². The van der Waals surface area contributed by atoms with Gasteiger partial charge in [0.2, 0.25) is 0 Å². The summed E-state index contributed by atoms with van der Waals surface area (Å²) in [5.74, 6) is -5.25. The topological polar surface area (TPSA) is 49.8 Å². The number of hydrogen-bond donors (Lipinski definition) is 1. The summed E-state index contributed by atoms with van der Waals surface area (Å²) < 4.78 is 30.0. The number of halogens is 2. The Morgan fingerprint density at radius 1 is 1.50 bits per heavy atom. The molecule has 0 aliphatic rings. The highest BCUT2D eigenvalue weighted by Gasteiger charge is 2.42. The second-order valence-corrected chi connectivity index (χ2v) is 2.81. The standard InChI is InChI=1S/C8H15F2NO3/c1-3-5-11(13)6-8(9,10)7(12)14-4-2/h13H,3-6H2,1-2H3. The van der Waals surface area contributed by atoms with Crippen molar-refractivity contribution < 1.29 is 23.5 Å². The molecular formula is C8H15F2NO3. The van der Waals surface area contributed by atoms with Gasteiger partial charge in [-0.3, -0.25) is 0 Å². The van der Waals surface area contributed by atoms with Gasteiger partial charge in [0.15, 0.2) is 0 Å². The van der Waals surface area contributed by atoms with Gasteiger partial charge in [-0.2, -0.15) is 13.8 Å². The number of nitrogens with zero attached hydrogens (tertiary/aromatic N) is 1. The first-order chi connectivity index (χ1) is 6.44. The van der Waals surface area contributed by atoms with E-state index >= 15 is 0 Å². The second-order valence-electron chi connectivity index (χ2n) is 2.81. The third kappa shape index (κ3) is 4.48. The first-order valence-corrected chi connectivity index (χ1v) is 4.43. The molecule has 1 N–H and O–H groups in total. The quantitative estimate of drug-likeness (QED) is 0.531. The van der Waals surface area contributed by atoms with Gasteiger partial charge in [-0.15, -0.1) is 0 Å². The number of carbonyl (C=O) groups excluding carboxylic acids is 1. The SMILES string of the molecule is CCCN(O)CC(F)(F)C(=O)OCC.